The normalized spacial score (nSPS) is 10.9. The highest BCUT2D eigenvalue weighted by molar-refractivity contribution is 5.91. The number of anilines is 2. The number of hydrogen-bond donors (Lipinski definition) is 2. The predicted molar refractivity (Wildman–Crippen MR) is 113 cm³/mol. The van der Waals surface area contributed by atoms with Crippen molar-refractivity contribution >= 4 is 17.3 Å². The molecule has 0 aromatic heterocycles. The Hall–Kier alpha value is -2.89. The van der Waals surface area contributed by atoms with Crippen LogP contribution < -0.4 is 24.8 Å². The van der Waals surface area contributed by atoms with Crippen LogP contribution in [0.2, 0.25) is 0 Å². The fourth-order valence-electron chi connectivity index (χ4n) is 2.98. The molecule has 0 atom stereocenters. The maximum Gasteiger partial charge on any atom is 0.226 e. The Morgan fingerprint density at radius 3 is 2.11 bits per heavy atom. The molecule has 1 amide bonds. The molecule has 6 heteroatoms. The minimum Gasteiger partial charge on any atom is -0.493 e. The van der Waals surface area contributed by atoms with Gasteiger partial charge in [-0.3, -0.25) is 4.79 Å². The lowest BCUT2D eigenvalue weighted by molar-refractivity contribution is -0.115. The number of para-hydroxylation sites is 1. The van der Waals surface area contributed by atoms with Gasteiger partial charge in [-0.1, -0.05) is 39.0 Å². The number of ether oxygens (including phenoxy) is 3. The molecule has 2 N–H and O–H groups in total. The van der Waals surface area contributed by atoms with Gasteiger partial charge in [0.15, 0.2) is 11.5 Å². The van der Waals surface area contributed by atoms with Crippen molar-refractivity contribution in [2.75, 3.05) is 38.5 Å². The Kier molecular flexibility index (Phi) is 7.15. The molecular formula is C22H30N2O4. The average Bonchev–Trinajstić information content (AvgIpc) is 2.66. The summed E-state index contributed by atoms with van der Waals surface area (Å²) in [6.07, 6.45) is 0.329. The zero-order valence-corrected chi connectivity index (χ0v) is 17.5. The third-order valence-electron chi connectivity index (χ3n) is 4.35. The molecule has 0 radical (unpaired) electrons. The van der Waals surface area contributed by atoms with E-state index in [4.69, 9.17) is 14.2 Å². The number of methoxy groups -OCH3 is 3. The number of rotatable bonds is 8. The summed E-state index contributed by atoms with van der Waals surface area (Å²) in [4.78, 5) is 12.4. The van der Waals surface area contributed by atoms with E-state index in [2.05, 4.69) is 37.5 Å². The number of carbonyl (C=O) groups is 1. The van der Waals surface area contributed by atoms with E-state index in [0.717, 1.165) is 5.69 Å². The lowest BCUT2D eigenvalue weighted by atomic mass is 9.86. The Balaban J connectivity index is 2.01. The minimum atomic E-state index is -0.102. The molecule has 0 aliphatic rings. The first-order valence-electron chi connectivity index (χ1n) is 9.23. The summed E-state index contributed by atoms with van der Waals surface area (Å²) in [6.45, 7) is 7.05. The summed E-state index contributed by atoms with van der Waals surface area (Å²) in [7, 11) is 4.62. The molecule has 0 aliphatic heterocycles. The second-order valence-corrected chi connectivity index (χ2v) is 7.43. The van der Waals surface area contributed by atoms with E-state index in [1.54, 1.807) is 33.5 Å². The highest BCUT2D eigenvalue weighted by atomic mass is 16.5. The van der Waals surface area contributed by atoms with Crippen LogP contribution in [0.25, 0.3) is 0 Å². The van der Waals surface area contributed by atoms with Crippen molar-refractivity contribution in [2.24, 2.45) is 0 Å². The second-order valence-electron chi connectivity index (χ2n) is 7.43. The van der Waals surface area contributed by atoms with Crippen LogP contribution in [0.1, 0.15) is 32.8 Å². The summed E-state index contributed by atoms with van der Waals surface area (Å²) < 4.78 is 15.9. The zero-order valence-electron chi connectivity index (χ0n) is 17.5. The first-order chi connectivity index (χ1) is 13.3. The third kappa shape index (κ3) is 5.31. The van der Waals surface area contributed by atoms with Gasteiger partial charge in [0, 0.05) is 36.5 Å². The van der Waals surface area contributed by atoms with Gasteiger partial charge in [0.05, 0.1) is 21.3 Å². The quantitative estimate of drug-likeness (QED) is 0.701. The van der Waals surface area contributed by atoms with Crippen molar-refractivity contribution in [3.63, 3.8) is 0 Å². The van der Waals surface area contributed by atoms with Gasteiger partial charge in [0.25, 0.3) is 0 Å². The molecule has 0 saturated heterocycles. The highest BCUT2D eigenvalue weighted by Crippen LogP contribution is 2.40. The first-order valence-corrected chi connectivity index (χ1v) is 9.23. The summed E-state index contributed by atoms with van der Waals surface area (Å²) in [5, 5.41) is 6.25. The van der Waals surface area contributed by atoms with Crippen molar-refractivity contribution in [3.05, 3.63) is 42.0 Å². The lowest BCUT2D eigenvalue weighted by Crippen LogP contribution is -2.19. The van der Waals surface area contributed by atoms with Crippen molar-refractivity contribution < 1.29 is 19.0 Å². The maximum absolute atomic E-state index is 12.4. The standard InChI is InChI=1S/C22H30N2O4/c1-22(2,3)16-9-7-8-10-17(16)23-12-11-20(25)24-15-13-18(26-4)21(28-6)19(14-15)27-5/h7-10,13-14,23H,11-12H2,1-6H3,(H,24,25). The van der Waals surface area contributed by atoms with Gasteiger partial charge in [-0.15, -0.1) is 0 Å². The van der Waals surface area contributed by atoms with Gasteiger partial charge in [0.2, 0.25) is 11.7 Å². The largest absolute Gasteiger partial charge is 0.493 e. The molecule has 2 rings (SSSR count). The van der Waals surface area contributed by atoms with Crippen molar-refractivity contribution in [1.29, 1.82) is 0 Å². The third-order valence-corrected chi connectivity index (χ3v) is 4.35. The Labute approximate surface area is 167 Å². The number of hydrogen-bond acceptors (Lipinski definition) is 5. The Bertz CT molecular complexity index is 787. The predicted octanol–water partition coefficient (Wildman–Crippen LogP) is 4.45. The van der Waals surface area contributed by atoms with Crippen LogP contribution in [0.4, 0.5) is 11.4 Å². The molecule has 2 aromatic rings. The van der Waals surface area contributed by atoms with E-state index in [0.29, 0.717) is 35.9 Å². The van der Waals surface area contributed by atoms with E-state index in [-0.39, 0.29) is 11.3 Å². The molecule has 152 valence electrons. The molecular weight excluding hydrogens is 356 g/mol. The van der Waals surface area contributed by atoms with Crippen LogP contribution in [0, 0.1) is 0 Å². The fourth-order valence-corrected chi connectivity index (χ4v) is 2.98. The minimum absolute atomic E-state index is 0.0298. The van der Waals surface area contributed by atoms with Crippen LogP contribution in [-0.4, -0.2) is 33.8 Å². The van der Waals surface area contributed by atoms with Crippen LogP contribution in [0.3, 0.4) is 0 Å². The molecule has 0 spiro atoms. The molecule has 2 aromatic carbocycles. The molecule has 0 bridgehead atoms. The molecule has 0 saturated carbocycles. The number of benzene rings is 2. The summed E-state index contributed by atoms with van der Waals surface area (Å²) in [6, 6.07) is 11.6. The monoisotopic (exact) mass is 386 g/mol. The van der Waals surface area contributed by atoms with E-state index in [1.807, 2.05) is 18.2 Å². The van der Waals surface area contributed by atoms with Crippen molar-refractivity contribution in [3.8, 4) is 17.2 Å². The van der Waals surface area contributed by atoms with Crippen LogP contribution in [-0.2, 0) is 10.2 Å². The van der Waals surface area contributed by atoms with Gasteiger partial charge in [0.1, 0.15) is 0 Å². The number of nitrogens with one attached hydrogen (secondary N) is 2. The van der Waals surface area contributed by atoms with Crippen LogP contribution >= 0.6 is 0 Å². The fraction of sp³-hybridized carbons (Fsp3) is 0.409. The SMILES string of the molecule is COc1cc(NC(=O)CCNc2ccccc2C(C)(C)C)cc(OC)c1OC. The van der Waals surface area contributed by atoms with Gasteiger partial charge >= 0.3 is 0 Å². The molecule has 0 aliphatic carbocycles. The maximum atomic E-state index is 12.4. The smallest absolute Gasteiger partial charge is 0.226 e. The summed E-state index contributed by atoms with van der Waals surface area (Å²) in [5.41, 5.74) is 2.90. The summed E-state index contributed by atoms with van der Waals surface area (Å²) >= 11 is 0. The molecule has 6 nitrogen and oxygen atoms in total. The van der Waals surface area contributed by atoms with Gasteiger partial charge in [-0.05, 0) is 17.0 Å². The lowest BCUT2D eigenvalue weighted by Gasteiger charge is -2.23. The first kappa shape index (κ1) is 21.4. The van der Waals surface area contributed by atoms with Crippen molar-refractivity contribution in [2.45, 2.75) is 32.6 Å². The topological polar surface area (TPSA) is 68.8 Å². The average molecular weight is 386 g/mol. The van der Waals surface area contributed by atoms with Crippen molar-refractivity contribution in [1.82, 2.24) is 0 Å². The number of carbonyl (C=O) groups excluding carboxylic acids is 1. The summed E-state index contributed by atoms with van der Waals surface area (Å²) in [5.74, 6) is 1.38. The van der Waals surface area contributed by atoms with E-state index >= 15 is 0 Å². The Morgan fingerprint density at radius 2 is 1.57 bits per heavy atom. The molecule has 0 unspecified atom stereocenters. The van der Waals surface area contributed by atoms with E-state index in [9.17, 15) is 4.79 Å². The number of amides is 1. The van der Waals surface area contributed by atoms with Crippen LogP contribution in [0.15, 0.2) is 36.4 Å². The van der Waals surface area contributed by atoms with E-state index in [1.165, 1.54) is 5.56 Å². The molecule has 0 fully saturated rings. The zero-order chi connectivity index (χ0) is 20.7. The van der Waals surface area contributed by atoms with Gasteiger partial charge < -0.3 is 24.8 Å². The highest BCUT2D eigenvalue weighted by Gasteiger charge is 2.17. The van der Waals surface area contributed by atoms with Crippen LogP contribution in [0.5, 0.6) is 17.2 Å². The Morgan fingerprint density at radius 1 is 0.964 bits per heavy atom. The molecule has 28 heavy (non-hydrogen) atoms. The molecule has 0 heterocycles. The second kappa shape index (κ2) is 9.35. The van der Waals surface area contributed by atoms with Gasteiger partial charge in [-0.2, -0.15) is 0 Å². The van der Waals surface area contributed by atoms with E-state index < -0.39 is 0 Å². The van der Waals surface area contributed by atoms with Gasteiger partial charge in [-0.25, -0.2) is 0 Å².